The number of carbonyl (C=O) groups is 1. The molecule has 0 aromatic carbocycles. The van der Waals surface area contributed by atoms with E-state index in [4.69, 9.17) is 9.47 Å². The topological polar surface area (TPSA) is 35.5 Å². The van der Waals surface area contributed by atoms with E-state index in [0.717, 1.165) is 0 Å². The quantitative estimate of drug-likeness (QED) is 0.546. The van der Waals surface area contributed by atoms with Crippen molar-refractivity contribution in [3.8, 4) is 0 Å². The molecule has 2 rings (SSSR count). The van der Waals surface area contributed by atoms with Crippen molar-refractivity contribution >= 4 is 5.78 Å². The van der Waals surface area contributed by atoms with Crippen LogP contribution in [0.4, 0.5) is 0 Å². The Morgan fingerprint density at radius 1 is 1.50 bits per heavy atom. The van der Waals surface area contributed by atoms with Crippen LogP contribution in [0.15, 0.2) is 0 Å². The second-order valence-electron chi connectivity index (χ2n) is 4.25. The third-order valence-corrected chi connectivity index (χ3v) is 2.60. The standard InChI is InChI=1S/C9H14O3/c1-5-4-6(10)7-9(2,3)12-8(5)11-7/h5,7-8H,4H2,1-3H3/t5-,7-,8-/m1/s1. The molecule has 3 atom stereocenters. The monoisotopic (exact) mass is 170 g/mol. The average molecular weight is 170 g/mol. The summed E-state index contributed by atoms with van der Waals surface area (Å²) in [4.78, 5) is 11.5. The third kappa shape index (κ3) is 1.00. The highest BCUT2D eigenvalue weighted by Gasteiger charge is 2.52. The lowest BCUT2D eigenvalue weighted by Crippen LogP contribution is -2.40. The molecule has 0 saturated carbocycles. The van der Waals surface area contributed by atoms with Crippen molar-refractivity contribution in [2.45, 2.75) is 45.2 Å². The van der Waals surface area contributed by atoms with E-state index in [1.165, 1.54) is 0 Å². The average Bonchev–Trinajstić information content (AvgIpc) is 2.20. The molecule has 0 aromatic heterocycles. The highest BCUT2D eigenvalue weighted by Crippen LogP contribution is 2.39. The predicted molar refractivity (Wildman–Crippen MR) is 42.6 cm³/mol. The van der Waals surface area contributed by atoms with Gasteiger partial charge >= 0.3 is 0 Å². The van der Waals surface area contributed by atoms with Crippen molar-refractivity contribution in [2.75, 3.05) is 0 Å². The van der Waals surface area contributed by atoms with Gasteiger partial charge in [-0.05, 0) is 13.8 Å². The minimum absolute atomic E-state index is 0.164. The van der Waals surface area contributed by atoms with Crippen molar-refractivity contribution in [3.05, 3.63) is 0 Å². The van der Waals surface area contributed by atoms with Crippen LogP contribution in [0.5, 0.6) is 0 Å². The van der Waals surface area contributed by atoms with Crippen molar-refractivity contribution in [2.24, 2.45) is 5.92 Å². The number of rotatable bonds is 0. The molecule has 2 heterocycles. The largest absolute Gasteiger partial charge is 0.343 e. The summed E-state index contributed by atoms with van der Waals surface area (Å²) in [6.07, 6.45) is 0.0973. The number of ketones is 1. The van der Waals surface area contributed by atoms with E-state index in [0.29, 0.717) is 6.42 Å². The SMILES string of the molecule is C[C@@H]1CC(=O)[C@H]2O[C@@H]1OC2(C)C. The first-order valence-corrected chi connectivity index (χ1v) is 4.37. The van der Waals surface area contributed by atoms with Gasteiger partial charge in [-0.25, -0.2) is 0 Å². The second kappa shape index (κ2) is 2.30. The minimum atomic E-state index is -0.424. The summed E-state index contributed by atoms with van der Waals surface area (Å²) in [6.45, 7) is 5.81. The number of fused-ring (bicyclic) bond motifs is 2. The first-order chi connectivity index (χ1) is 5.50. The van der Waals surface area contributed by atoms with Crippen LogP contribution < -0.4 is 0 Å². The summed E-state index contributed by atoms with van der Waals surface area (Å²) in [5, 5.41) is 0. The number of hydrogen-bond acceptors (Lipinski definition) is 3. The normalized spacial score (nSPS) is 44.9. The fraction of sp³-hybridized carbons (Fsp3) is 0.889. The van der Waals surface area contributed by atoms with Gasteiger partial charge in [-0.2, -0.15) is 0 Å². The van der Waals surface area contributed by atoms with Crippen LogP contribution in [0.25, 0.3) is 0 Å². The van der Waals surface area contributed by atoms with Crippen LogP contribution in [-0.4, -0.2) is 23.8 Å². The molecule has 2 aliphatic rings. The van der Waals surface area contributed by atoms with Gasteiger partial charge in [-0.3, -0.25) is 4.79 Å². The molecule has 0 radical (unpaired) electrons. The zero-order valence-corrected chi connectivity index (χ0v) is 7.66. The summed E-state index contributed by atoms with van der Waals surface area (Å²) in [5.74, 6) is 0.386. The molecule has 2 fully saturated rings. The Kier molecular flexibility index (Phi) is 1.57. The van der Waals surface area contributed by atoms with Crippen LogP contribution in [0.3, 0.4) is 0 Å². The fourth-order valence-electron chi connectivity index (χ4n) is 1.92. The van der Waals surface area contributed by atoms with Gasteiger partial charge in [0, 0.05) is 12.3 Å². The highest BCUT2D eigenvalue weighted by atomic mass is 16.7. The van der Waals surface area contributed by atoms with Crippen molar-refractivity contribution in [3.63, 3.8) is 0 Å². The molecule has 0 N–H and O–H groups in total. The molecule has 2 saturated heterocycles. The number of Topliss-reactive ketones (excluding diaryl/α,β-unsaturated/α-hetero) is 1. The van der Waals surface area contributed by atoms with E-state index < -0.39 is 5.60 Å². The lowest BCUT2D eigenvalue weighted by atomic mass is 9.92. The summed E-state index contributed by atoms with van der Waals surface area (Å²) < 4.78 is 11.1. The van der Waals surface area contributed by atoms with Crippen molar-refractivity contribution in [1.29, 1.82) is 0 Å². The highest BCUT2D eigenvalue weighted by molar-refractivity contribution is 5.85. The molecule has 12 heavy (non-hydrogen) atoms. The number of carbonyl (C=O) groups excluding carboxylic acids is 1. The van der Waals surface area contributed by atoms with Gasteiger partial charge in [0.25, 0.3) is 0 Å². The molecule has 0 amide bonds. The third-order valence-electron chi connectivity index (χ3n) is 2.60. The Morgan fingerprint density at radius 2 is 2.17 bits per heavy atom. The van der Waals surface area contributed by atoms with Crippen LogP contribution in [0, 0.1) is 5.92 Å². The first kappa shape index (κ1) is 8.20. The molecule has 2 aliphatic heterocycles. The Labute approximate surface area is 72.0 Å². The zero-order chi connectivity index (χ0) is 8.93. The van der Waals surface area contributed by atoms with Gasteiger partial charge in [0.2, 0.25) is 0 Å². The van der Waals surface area contributed by atoms with Crippen LogP contribution in [-0.2, 0) is 14.3 Å². The van der Waals surface area contributed by atoms with Gasteiger partial charge in [0.1, 0.15) is 6.10 Å². The van der Waals surface area contributed by atoms with E-state index in [-0.39, 0.29) is 24.1 Å². The lowest BCUT2D eigenvalue weighted by molar-refractivity contribution is -0.151. The molecule has 0 unspecified atom stereocenters. The smallest absolute Gasteiger partial charge is 0.165 e. The fourth-order valence-corrected chi connectivity index (χ4v) is 1.92. The molecule has 0 aliphatic carbocycles. The lowest BCUT2D eigenvalue weighted by Gasteiger charge is -2.24. The van der Waals surface area contributed by atoms with Gasteiger partial charge < -0.3 is 9.47 Å². The molecule has 0 spiro atoms. The molecule has 3 nitrogen and oxygen atoms in total. The minimum Gasteiger partial charge on any atom is -0.343 e. The van der Waals surface area contributed by atoms with E-state index >= 15 is 0 Å². The van der Waals surface area contributed by atoms with E-state index in [9.17, 15) is 4.79 Å². The maximum absolute atomic E-state index is 11.5. The molecule has 2 bridgehead atoms. The summed E-state index contributed by atoms with van der Waals surface area (Å²) in [5.41, 5.74) is -0.424. The molecular formula is C9H14O3. The number of ether oxygens (including phenoxy) is 2. The Hall–Kier alpha value is -0.410. The van der Waals surface area contributed by atoms with Crippen molar-refractivity contribution in [1.82, 2.24) is 0 Å². The predicted octanol–water partition coefficient (Wildman–Crippen LogP) is 1.12. The Balaban J connectivity index is 2.27. The second-order valence-corrected chi connectivity index (χ2v) is 4.25. The van der Waals surface area contributed by atoms with E-state index in [2.05, 4.69) is 0 Å². The number of hydrogen-bond donors (Lipinski definition) is 0. The van der Waals surface area contributed by atoms with Gasteiger partial charge in [-0.1, -0.05) is 6.92 Å². The summed E-state index contributed by atoms with van der Waals surface area (Å²) in [6, 6.07) is 0. The van der Waals surface area contributed by atoms with E-state index in [1.54, 1.807) is 0 Å². The first-order valence-electron chi connectivity index (χ1n) is 4.37. The van der Waals surface area contributed by atoms with E-state index in [1.807, 2.05) is 20.8 Å². The Bertz CT molecular complexity index is 222. The van der Waals surface area contributed by atoms with Crippen LogP contribution in [0.1, 0.15) is 27.2 Å². The van der Waals surface area contributed by atoms with Gasteiger partial charge in [0.15, 0.2) is 12.1 Å². The maximum atomic E-state index is 11.5. The zero-order valence-electron chi connectivity index (χ0n) is 7.66. The molecule has 68 valence electrons. The molecule has 0 aromatic rings. The maximum Gasteiger partial charge on any atom is 0.165 e. The summed E-state index contributed by atoms with van der Waals surface area (Å²) >= 11 is 0. The van der Waals surface area contributed by atoms with Crippen molar-refractivity contribution < 1.29 is 14.3 Å². The summed E-state index contributed by atoms with van der Waals surface area (Å²) in [7, 11) is 0. The van der Waals surface area contributed by atoms with Crippen LogP contribution >= 0.6 is 0 Å². The van der Waals surface area contributed by atoms with Crippen LogP contribution in [0.2, 0.25) is 0 Å². The molecule has 3 heteroatoms. The van der Waals surface area contributed by atoms with Gasteiger partial charge in [-0.15, -0.1) is 0 Å². The Morgan fingerprint density at radius 3 is 2.83 bits per heavy atom. The molecular weight excluding hydrogens is 156 g/mol. The van der Waals surface area contributed by atoms with Gasteiger partial charge in [0.05, 0.1) is 5.60 Å².